The van der Waals surface area contributed by atoms with Gasteiger partial charge < -0.3 is 5.11 Å². The normalized spacial score (nSPS) is 19.0. The highest BCUT2D eigenvalue weighted by molar-refractivity contribution is 5.95. The first-order chi connectivity index (χ1) is 7.38. The Morgan fingerprint density at radius 3 is 2.44 bits per heavy atom. The summed E-state index contributed by atoms with van der Waals surface area (Å²) in [5.74, 6) is -0.305. The molecule has 1 rings (SSSR count). The number of aliphatic carboxylic acids is 1. The number of Topliss-reactive ketones (excluding diaryl/α,β-unsaturated/α-hetero) is 1. The summed E-state index contributed by atoms with van der Waals surface area (Å²) in [6, 6.07) is 0. The zero-order chi connectivity index (χ0) is 12.7. The predicted octanol–water partition coefficient (Wildman–Crippen LogP) is 2.74. The Morgan fingerprint density at radius 1 is 1.62 bits per heavy atom. The van der Waals surface area contributed by atoms with Crippen LogP contribution in [0.1, 0.15) is 26.7 Å². The molecule has 1 aliphatic rings. The van der Waals surface area contributed by atoms with E-state index >= 15 is 0 Å². The SMILES string of the molecule is C=C(C)C1CC=C(C)C(=O)C1.C=CC(=O)O. The molecule has 0 amide bonds. The predicted molar refractivity (Wildman–Crippen MR) is 64.1 cm³/mol. The Morgan fingerprint density at radius 2 is 2.12 bits per heavy atom. The lowest BCUT2D eigenvalue weighted by molar-refractivity contribution is -0.131. The molecule has 0 spiro atoms. The summed E-state index contributed by atoms with van der Waals surface area (Å²) in [7, 11) is 0. The van der Waals surface area contributed by atoms with Crippen LogP contribution in [-0.4, -0.2) is 16.9 Å². The molecule has 0 aromatic carbocycles. The largest absolute Gasteiger partial charge is 0.478 e. The molecule has 0 aromatic rings. The molecule has 1 unspecified atom stereocenters. The number of hydrogen-bond donors (Lipinski definition) is 1. The lowest BCUT2D eigenvalue weighted by atomic mass is 9.85. The van der Waals surface area contributed by atoms with Crippen molar-refractivity contribution < 1.29 is 14.7 Å². The average molecular weight is 222 g/mol. The Kier molecular flexibility index (Phi) is 6.08. The molecular formula is C13H18O3. The van der Waals surface area contributed by atoms with Gasteiger partial charge in [-0.15, -0.1) is 0 Å². The molecule has 0 aromatic heterocycles. The monoisotopic (exact) mass is 222 g/mol. The van der Waals surface area contributed by atoms with Crippen LogP contribution in [-0.2, 0) is 9.59 Å². The molecule has 0 bridgehead atoms. The summed E-state index contributed by atoms with van der Waals surface area (Å²) < 4.78 is 0. The van der Waals surface area contributed by atoms with Gasteiger partial charge in [-0.2, -0.15) is 0 Å². The first-order valence-corrected chi connectivity index (χ1v) is 5.09. The van der Waals surface area contributed by atoms with Crippen LogP contribution < -0.4 is 0 Å². The fourth-order valence-corrected chi connectivity index (χ4v) is 1.28. The fourth-order valence-electron chi connectivity index (χ4n) is 1.28. The maximum Gasteiger partial charge on any atom is 0.327 e. The van der Waals surface area contributed by atoms with E-state index in [-0.39, 0.29) is 5.78 Å². The molecule has 0 saturated heterocycles. The zero-order valence-corrected chi connectivity index (χ0v) is 9.82. The first-order valence-electron chi connectivity index (χ1n) is 5.09. The van der Waals surface area contributed by atoms with Gasteiger partial charge in [0.05, 0.1) is 0 Å². The smallest absolute Gasteiger partial charge is 0.327 e. The lowest BCUT2D eigenvalue weighted by Crippen LogP contribution is -2.14. The maximum absolute atomic E-state index is 11.2. The molecule has 0 saturated carbocycles. The quantitative estimate of drug-likeness (QED) is 0.577. The standard InChI is InChI=1S/C10H14O.C3H4O2/c1-7(2)9-5-4-8(3)10(11)6-9;1-2-3(4)5/h4,9H,1,5-6H2,2-3H3;2H,1H2,(H,4,5). The van der Waals surface area contributed by atoms with Crippen molar-refractivity contribution in [3.63, 3.8) is 0 Å². The number of hydrogen-bond acceptors (Lipinski definition) is 2. The highest BCUT2D eigenvalue weighted by Crippen LogP contribution is 2.25. The Labute approximate surface area is 96.2 Å². The van der Waals surface area contributed by atoms with Crippen LogP contribution in [0.15, 0.2) is 36.5 Å². The second-order valence-electron chi connectivity index (χ2n) is 3.84. The van der Waals surface area contributed by atoms with Crippen LogP contribution in [0, 0.1) is 5.92 Å². The summed E-state index contributed by atoms with van der Waals surface area (Å²) in [6.45, 7) is 10.7. The zero-order valence-electron chi connectivity index (χ0n) is 9.82. The first kappa shape index (κ1) is 14.4. The van der Waals surface area contributed by atoms with Gasteiger partial charge in [-0.25, -0.2) is 4.79 Å². The van der Waals surface area contributed by atoms with Crippen molar-refractivity contribution >= 4 is 11.8 Å². The summed E-state index contributed by atoms with van der Waals surface area (Å²) in [5, 5.41) is 7.60. The van der Waals surface area contributed by atoms with Crippen LogP contribution in [0.5, 0.6) is 0 Å². The Balaban J connectivity index is 0.000000385. The van der Waals surface area contributed by atoms with Gasteiger partial charge in [0.15, 0.2) is 5.78 Å². The third-order valence-electron chi connectivity index (χ3n) is 2.45. The van der Waals surface area contributed by atoms with Crippen LogP contribution in [0.3, 0.4) is 0 Å². The minimum atomic E-state index is -0.981. The van der Waals surface area contributed by atoms with E-state index in [2.05, 4.69) is 13.2 Å². The molecular weight excluding hydrogens is 204 g/mol. The van der Waals surface area contributed by atoms with E-state index in [1.54, 1.807) is 0 Å². The molecule has 0 radical (unpaired) electrons. The molecule has 88 valence electrons. The average Bonchev–Trinajstić information content (AvgIpc) is 2.22. The van der Waals surface area contributed by atoms with Crippen LogP contribution in [0.4, 0.5) is 0 Å². The molecule has 3 nitrogen and oxygen atoms in total. The van der Waals surface area contributed by atoms with Crippen molar-refractivity contribution in [2.45, 2.75) is 26.7 Å². The molecule has 0 aliphatic heterocycles. The maximum atomic E-state index is 11.2. The Hall–Kier alpha value is -1.64. The molecule has 0 fully saturated rings. The number of rotatable bonds is 2. The second-order valence-corrected chi connectivity index (χ2v) is 3.84. The van der Waals surface area contributed by atoms with Crippen LogP contribution in [0.25, 0.3) is 0 Å². The van der Waals surface area contributed by atoms with Crippen molar-refractivity contribution in [3.05, 3.63) is 36.5 Å². The van der Waals surface area contributed by atoms with E-state index in [0.717, 1.165) is 23.6 Å². The molecule has 1 N–H and O–H groups in total. The number of carbonyl (C=O) groups is 2. The van der Waals surface area contributed by atoms with Crippen molar-refractivity contribution in [3.8, 4) is 0 Å². The summed E-state index contributed by atoms with van der Waals surface area (Å²) in [4.78, 5) is 20.4. The second kappa shape index (κ2) is 6.77. The van der Waals surface area contributed by atoms with Crippen molar-refractivity contribution in [1.29, 1.82) is 0 Å². The summed E-state index contributed by atoms with van der Waals surface area (Å²) in [5.41, 5.74) is 2.05. The highest BCUT2D eigenvalue weighted by Gasteiger charge is 2.18. The number of carbonyl (C=O) groups excluding carboxylic acids is 1. The van der Waals surface area contributed by atoms with Gasteiger partial charge in [-0.3, -0.25) is 4.79 Å². The van der Waals surface area contributed by atoms with Gasteiger partial charge in [0.2, 0.25) is 0 Å². The number of ketones is 1. The third-order valence-corrected chi connectivity index (χ3v) is 2.45. The molecule has 3 heteroatoms. The van der Waals surface area contributed by atoms with E-state index in [1.807, 2.05) is 19.9 Å². The van der Waals surface area contributed by atoms with E-state index < -0.39 is 5.97 Å². The lowest BCUT2D eigenvalue weighted by Gasteiger charge is -2.18. The molecule has 0 heterocycles. The number of carboxylic acids is 1. The minimum absolute atomic E-state index is 0.282. The van der Waals surface area contributed by atoms with E-state index in [1.165, 1.54) is 0 Å². The van der Waals surface area contributed by atoms with Gasteiger partial charge >= 0.3 is 5.97 Å². The third kappa shape index (κ3) is 5.29. The Bertz CT molecular complexity index is 337. The molecule has 1 atom stereocenters. The highest BCUT2D eigenvalue weighted by atomic mass is 16.4. The van der Waals surface area contributed by atoms with E-state index in [9.17, 15) is 9.59 Å². The van der Waals surface area contributed by atoms with Crippen LogP contribution >= 0.6 is 0 Å². The van der Waals surface area contributed by atoms with Gasteiger partial charge in [0.1, 0.15) is 0 Å². The van der Waals surface area contributed by atoms with Crippen molar-refractivity contribution in [1.82, 2.24) is 0 Å². The van der Waals surface area contributed by atoms with E-state index in [4.69, 9.17) is 5.11 Å². The summed E-state index contributed by atoms with van der Waals surface area (Å²) in [6.07, 6.45) is 4.51. The summed E-state index contributed by atoms with van der Waals surface area (Å²) >= 11 is 0. The van der Waals surface area contributed by atoms with E-state index in [0.29, 0.717) is 12.3 Å². The molecule has 1 aliphatic carbocycles. The van der Waals surface area contributed by atoms with Crippen molar-refractivity contribution in [2.75, 3.05) is 0 Å². The van der Waals surface area contributed by atoms with Crippen LogP contribution in [0.2, 0.25) is 0 Å². The van der Waals surface area contributed by atoms with Gasteiger partial charge in [-0.1, -0.05) is 24.8 Å². The number of carboxylic acid groups (broad SMARTS) is 1. The number of allylic oxidation sites excluding steroid dienone is 3. The fraction of sp³-hybridized carbons (Fsp3) is 0.385. The minimum Gasteiger partial charge on any atom is -0.478 e. The van der Waals surface area contributed by atoms with Gasteiger partial charge in [0, 0.05) is 12.5 Å². The molecule has 16 heavy (non-hydrogen) atoms. The van der Waals surface area contributed by atoms with Crippen molar-refractivity contribution in [2.24, 2.45) is 5.92 Å². The topological polar surface area (TPSA) is 54.4 Å². The van der Waals surface area contributed by atoms with Gasteiger partial charge in [-0.05, 0) is 31.8 Å². The van der Waals surface area contributed by atoms with Gasteiger partial charge in [0.25, 0.3) is 0 Å².